The van der Waals surface area contributed by atoms with Crippen molar-refractivity contribution in [3.8, 4) is 0 Å². The quantitative estimate of drug-likeness (QED) is 0.558. The van der Waals surface area contributed by atoms with Gasteiger partial charge in [-0.1, -0.05) is 0 Å². The van der Waals surface area contributed by atoms with Crippen molar-refractivity contribution in [2.45, 2.75) is 26.2 Å². The average Bonchev–Trinajstić information content (AvgIpc) is 3.10. The SMILES string of the molecule is CCOC(=O)c1ncsc1NCCCOCC1CC1. The first-order valence-electron chi connectivity index (χ1n) is 6.73. The molecule has 1 saturated carbocycles. The molecule has 0 bridgehead atoms. The summed E-state index contributed by atoms with van der Waals surface area (Å²) in [5.41, 5.74) is 2.03. The third kappa shape index (κ3) is 4.80. The van der Waals surface area contributed by atoms with Gasteiger partial charge >= 0.3 is 5.97 Å². The third-order valence-corrected chi connectivity index (χ3v) is 3.62. The van der Waals surface area contributed by atoms with Crippen molar-refractivity contribution in [3.63, 3.8) is 0 Å². The summed E-state index contributed by atoms with van der Waals surface area (Å²) in [5.74, 6) is 0.445. The molecule has 5 nitrogen and oxygen atoms in total. The zero-order valence-corrected chi connectivity index (χ0v) is 12.0. The molecule has 1 fully saturated rings. The number of hydrogen-bond donors (Lipinski definition) is 1. The molecule has 1 N–H and O–H groups in total. The van der Waals surface area contributed by atoms with E-state index in [4.69, 9.17) is 9.47 Å². The molecular weight excluding hydrogens is 264 g/mol. The van der Waals surface area contributed by atoms with Crippen molar-refractivity contribution in [2.24, 2.45) is 5.92 Å². The van der Waals surface area contributed by atoms with Crippen LogP contribution in [0, 0.1) is 5.92 Å². The van der Waals surface area contributed by atoms with Crippen molar-refractivity contribution < 1.29 is 14.3 Å². The lowest BCUT2D eigenvalue weighted by molar-refractivity contribution is 0.0521. The molecule has 0 unspecified atom stereocenters. The highest BCUT2D eigenvalue weighted by atomic mass is 32.1. The molecule has 0 atom stereocenters. The van der Waals surface area contributed by atoms with Gasteiger partial charge in [-0.2, -0.15) is 0 Å². The van der Waals surface area contributed by atoms with Crippen molar-refractivity contribution in [1.82, 2.24) is 4.98 Å². The summed E-state index contributed by atoms with van der Waals surface area (Å²) in [6, 6.07) is 0. The predicted octanol–water partition coefficient (Wildman–Crippen LogP) is 2.55. The Morgan fingerprint density at radius 3 is 3.16 bits per heavy atom. The summed E-state index contributed by atoms with van der Waals surface area (Å²) in [5, 5.41) is 3.99. The summed E-state index contributed by atoms with van der Waals surface area (Å²) in [7, 11) is 0. The predicted molar refractivity (Wildman–Crippen MR) is 74.7 cm³/mol. The molecule has 1 aliphatic carbocycles. The first-order chi connectivity index (χ1) is 9.31. The van der Waals surface area contributed by atoms with Crippen molar-refractivity contribution in [2.75, 3.05) is 31.7 Å². The van der Waals surface area contributed by atoms with Gasteiger partial charge in [-0.25, -0.2) is 9.78 Å². The molecule has 2 rings (SSSR count). The monoisotopic (exact) mass is 284 g/mol. The molecule has 106 valence electrons. The van der Waals surface area contributed by atoms with Crippen LogP contribution in [0.5, 0.6) is 0 Å². The molecule has 1 aromatic heterocycles. The van der Waals surface area contributed by atoms with Gasteiger partial charge in [-0.3, -0.25) is 0 Å². The van der Waals surface area contributed by atoms with Gasteiger partial charge in [0.2, 0.25) is 0 Å². The molecule has 1 aromatic rings. The number of anilines is 1. The number of thiazole rings is 1. The van der Waals surface area contributed by atoms with E-state index in [-0.39, 0.29) is 5.97 Å². The number of aromatic nitrogens is 1. The Morgan fingerprint density at radius 1 is 1.58 bits per heavy atom. The minimum atomic E-state index is -0.365. The van der Waals surface area contributed by atoms with Crippen molar-refractivity contribution in [3.05, 3.63) is 11.2 Å². The third-order valence-electron chi connectivity index (χ3n) is 2.84. The van der Waals surface area contributed by atoms with Crippen molar-refractivity contribution >= 4 is 22.3 Å². The van der Waals surface area contributed by atoms with Crippen LogP contribution in [0.25, 0.3) is 0 Å². The fourth-order valence-corrected chi connectivity index (χ4v) is 2.32. The minimum Gasteiger partial charge on any atom is -0.461 e. The van der Waals surface area contributed by atoms with Crippen LogP contribution in [-0.4, -0.2) is 37.3 Å². The summed E-state index contributed by atoms with van der Waals surface area (Å²) < 4.78 is 10.5. The number of ether oxygens (including phenoxy) is 2. The van der Waals surface area contributed by atoms with E-state index in [0.717, 1.165) is 37.1 Å². The highest BCUT2D eigenvalue weighted by Crippen LogP contribution is 2.28. The smallest absolute Gasteiger partial charge is 0.360 e. The lowest BCUT2D eigenvalue weighted by Gasteiger charge is -2.06. The van der Waals surface area contributed by atoms with Gasteiger partial charge in [0.25, 0.3) is 0 Å². The summed E-state index contributed by atoms with van der Waals surface area (Å²) >= 11 is 1.42. The Balaban J connectivity index is 1.64. The molecule has 19 heavy (non-hydrogen) atoms. The van der Waals surface area contributed by atoms with Crippen LogP contribution >= 0.6 is 11.3 Å². The maximum atomic E-state index is 11.6. The Kier molecular flexibility index (Phi) is 5.60. The van der Waals surface area contributed by atoms with Gasteiger partial charge in [0.15, 0.2) is 5.69 Å². The molecule has 1 heterocycles. The van der Waals surface area contributed by atoms with Gasteiger partial charge in [0.05, 0.1) is 12.1 Å². The molecule has 0 spiro atoms. The van der Waals surface area contributed by atoms with Crippen LogP contribution in [0.15, 0.2) is 5.51 Å². The minimum absolute atomic E-state index is 0.365. The van der Waals surface area contributed by atoms with E-state index < -0.39 is 0 Å². The standard InChI is InChI=1S/C13H20N2O3S/c1-2-18-13(16)11-12(19-9-15-11)14-6-3-7-17-8-10-4-5-10/h9-10,14H,2-8H2,1H3. The number of carbonyl (C=O) groups excluding carboxylic acids is 1. The Morgan fingerprint density at radius 2 is 2.42 bits per heavy atom. The van der Waals surface area contributed by atoms with Gasteiger partial charge < -0.3 is 14.8 Å². The van der Waals surface area contributed by atoms with E-state index in [2.05, 4.69) is 10.3 Å². The molecular formula is C13H20N2O3S. The van der Waals surface area contributed by atoms with Gasteiger partial charge in [0, 0.05) is 19.8 Å². The van der Waals surface area contributed by atoms with Crippen LogP contribution in [0.2, 0.25) is 0 Å². The summed E-state index contributed by atoms with van der Waals surface area (Å²) in [6.45, 7) is 4.59. The molecule has 0 amide bonds. The van der Waals surface area contributed by atoms with Crippen LogP contribution < -0.4 is 5.32 Å². The maximum absolute atomic E-state index is 11.6. The van der Waals surface area contributed by atoms with Crippen LogP contribution in [0.3, 0.4) is 0 Å². The highest BCUT2D eigenvalue weighted by Gasteiger charge is 2.20. The van der Waals surface area contributed by atoms with E-state index in [0.29, 0.717) is 12.3 Å². The highest BCUT2D eigenvalue weighted by molar-refractivity contribution is 7.14. The van der Waals surface area contributed by atoms with Crippen molar-refractivity contribution in [1.29, 1.82) is 0 Å². The zero-order valence-electron chi connectivity index (χ0n) is 11.2. The fraction of sp³-hybridized carbons (Fsp3) is 0.692. The van der Waals surface area contributed by atoms with E-state index in [1.54, 1.807) is 12.4 Å². The van der Waals surface area contributed by atoms with Crippen LogP contribution in [0.1, 0.15) is 36.7 Å². The normalized spacial score (nSPS) is 14.4. The number of carbonyl (C=O) groups is 1. The number of hydrogen-bond acceptors (Lipinski definition) is 6. The number of esters is 1. The van der Waals surface area contributed by atoms with E-state index in [9.17, 15) is 4.79 Å². The van der Waals surface area contributed by atoms with E-state index in [1.807, 2.05) is 0 Å². The second-order valence-electron chi connectivity index (χ2n) is 4.55. The van der Waals surface area contributed by atoms with Gasteiger partial charge in [0.1, 0.15) is 5.00 Å². The zero-order chi connectivity index (χ0) is 13.5. The second-order valence-corrected chi connectivity index (χ2v) is 5.40. The van der Waals surface area contributed by atoms with E-state index >= 15 is 0 Å². The lowest BCUT2D eigenvalue weighted by atomic mass is 10.4. The number of nitrogens with one attached hydrogen (secondary N) is 1. The summed E-state index contributed by atoms with van der Waals surface area (Å²) in [4.78, 5) is 15.6. The van der Waals surface area contributed by atoms with E-state index in [1.165, 1.54) is 24.2 Å². The van der Waals surface area contributed by atoms with Crippen LogP contribution in [-0.2, 0) is 9.47 Å². The van der Waals surface area contributed by atoms with Crippen LogP contribution in [0.4, 0.5) is 5.00 Å². The number of rotatable bonds is 9. The fourth-order valence-electron chi connectivity index (χ4n) is 1.63. The molecule has 0 aromatic carbocycles. The average molecular weight is 284 g/mol. The molecule has 6 heteroatoms. The van der Waals surface area contributed by atoms with Gasteiger partial charge in [-0.05, 0) is 32.1 Å². The van der Waals surface area contributed by atoms with Gasteiger partial charge in [-0.15, -0.1) is 11.3 Å². The topological polar surface area (TPSA) is 60.5 Å². The maximum Gasteiger partial charge on any atom is 0.360 e. The summed E-state index contributed by atoms with van der Waals surface area (Å²) in [6.07, 6.45) is 3.57. The molecule has 0 radical (unpaired) electrons. The second kappa shape index (κ2) is 7.45. The molecule has 1 aliphatic rings. The Bertz CT molecular complexity index is 404. The Labute approximate surface area is 117 Å². The first-order valence-corrected chi connectivity index (χ1v) is 7.61. The molecule has 0 aliphatic heterocycles. The largest absolute Gasteiger partial charge is 0.461 e. The Hall–Kier alpha value is -1.14. The lowest BCUT2D eigenvalue weighted by Crippen LogP contribution is -2.11. The number of nitrogens with zero attached hydrogens (tertiary/aromatic N) is 1. The first kappa shape index (κ1) is 14.3. The molecule has 0 saturated heterocycles.